The van der Waals surface area contributed by atoms with Crippen molar-refractivity contribution in [3.05, 3.63) is 100 Å². The van der Waals surface area contributed by atoms with Gasteiger partial charge < -0.3 is 9.47 Å². The minimum absolute atomic E-state index is 0.0773. The topological polar surface area (TPSA) is 72.0 Å². The fourth-order valence-electron chi connectivity index (χ4n) is 4.93. The molecule has 7 nitrogen and oxygen atoms in total. The number of likely N-dealkylation sites (tertiary alicyclic amines) is 1. The van der Waals surface area contributed by atoms with E-state index in [2.05, 4.69) is 28.9 Å². The van der Waals surface area contributed by atoms with Gasteiger partial charge in [0.1, 0.15) is 17.1 Å². The number of sulfonamides is 1. The number of benzene rings is 3. The first-order valence-corrected chi connectivity index (χ1v) is 15.7. The van der Waals surface area contributed by atoms with E-state index < -0.39 is 15.6 Å². The zero-order chi connectivity index (χ0) is 28.3. The number of thiazole rings is 1. The SMILES string of the molecule is COc1ccc(CN(c2nccs2)S(=O)(=O)c2ccc(OC3(C)CCN(Cc4ccccc4)C3)c(Cl)c2)c(C)c1. The van der Waals surface area contributed by atoms with Gasteiger partial charge in [0.25, 0.3) is 10.0 Å². The van der Waals surface area contributed by atoms with Gasteiger partial charge in [0.2, 0.25) is 0 Å². The first-order chi connectivity index (χ1) is 19.2. The fourth-order valence-corrected chi connectivity index (χ4v) is 7.50. The Hall–Kier alpha value is -3.11. The van der Waals surface area contributed by atoms with Crippen LogP contribution in [-0.4, -0.2) is 44.1 Å². The highest BCUT2D eigenvalue weighted by molar-refractivity contribution is 7.93. The summed E-state index contributed by atoms with van der Waals surface area (Å²) in [5.74, 6) is 1.18. The molecule has 5 rings (SSSR count). The van der Waals surface area contributed by atoms with Crippen LogP contribution in [-0.2, 0) is 23.1 Å². The maximum Gasteiger partial charge on any atom is 0.266 e. The molecule has 1 unspecified atom stereocenters. The lowest BCUT2D eigenvalue weighted by molar-refractivity contribution is 0.0951. The first kappa shape index (κ1) is 28.4. The molecule has 1 aromatic heterocycles. The number of aromatic nitrogens is 1. The smallest absolute Gasteiger partial charge is 0.266 e. The molecule has 0 saturated carbocycles. The number of anilines is 1. The molecule has 0 N–H and O–H groups in total. The van der Waals surface area contributed by atoms with E-state index >= 15 is 0 Å². The van der Waals surface area contributed by atoms with Crippen molar-refractivity contribution in [2.75, 3.05) is 24.5 Å². The maximum absolute atomic E-state index is 13.9. The molecular formula is C30H32ClN3O4S2. The maximum atomic E-state index is 13.9. The quantitative estimate of drug-likeness (QED) is 0.206. The van der Waals surface area contributed by atoms with Gasteiger partial charge in [0.05, 0.1) is 23.6 Å². The van der Waals surface area contributed by atoms with Crippen molar-refractivity contribution in [1.29, 1.82) is 0 Å². The van der Waals surface area contributed by atoms with Crippen LogP contribution >= 0.6 is 22.9 Å². The van der Waals surface area contributed by atoms with Gasteiger partial charge in [-0.25, -0.2) is 17.7 Å². The Morgan fingerprint density at radius 1 is 1.12 bits per heavy atom. The average molecular weight is 598 g/mol. The van der Waals surface area contributed by atoms with E-state index in [-0.39, 0.29) is 16.5 Å². The summed E-state index contributed by atoms with van der Waals surface area (Å²) < 4.78 is 40.9. The van der Waals surface area contributed by atoms with Gasteiger partial charge in [-0.1, -0.05) is 48.0 Å². The molecule has 0 amide bonds. The zero-order valence-corrected chi connectivity index (χ0v) is 25.1. The van der Waals surface area contributed by atoms with Crippen molar-refractivity contribution in [2.45, 2.75) is 43.9 Å². The number of ether oxygens (including phenoxy) is 2. The van der Waals surface area contributed by atoms with Crippen molar-refractivity contribution >= 4 is 38.1 Å². The van der Waals surface area contributed by atoms with Crippen LogP contribution in [0.15, 0.2) is 83.2 Å². The minimum atomic E-state index is -3.98. The number of aryl methyl sites for hydroxylation is 1. The van der Waals surface area contributed by atoms with Crippen LogP contribution in [0.1, 0.15) is 30.0 Å². The van der Waals surface area contributed by atoms with Crippen molar-refractivity contribution in [3.8, 4) is 11.5 Å². The van der Waals surface area contributed by atoms with E-state index in [1.54, 1.807) is 30.8 Å². The van der Waals surface area contributed by atoms with E-state index in [4.69, 9.17) is 21.1 Å². The molecule has 1 aliphatic heterocycles. The molecule has 210 valence electrons. The molecule has 0 aliphatic carbocycles. The Morgan fingerprint density at radius 2 is 1.93 bits per heavy atom. The molecule has 10 heteroatoms. The van der Waals surface area contributed by atoms with E-state index in [9.17, 15) is 8.42 Å². The van der Waals surface area contributed by atoms with Gasteiger partial charge in [-0.05, 0) is 60.9 Å². The van der Waals surface area contributed by atoms with Crippen molar-refractivity contribution in [1.82, 2.24) is 9.88 Å². The highest BCUT2D eigenvalue weighted by Gasteiger charge is 2.36. The number of methoxy groups -OCH3 is 1. The molecule has 1 fully saturated rings. The van der Waals surface area contributed by atoms with E-state index in [1.165, 1.54) is 27.3 Å². The molecule has 2 heterocycles. The summed E-state index contributed by atoms with van der Waals surface area (Å²) >= 11 is 7.90. The summed E-state index contributed by atoms with van der Waals surface area (Å²) in [6.07, 6.45) is 2.44. The number of rotatable bonds is 10. The number of halogens is 1. The second-order valence-electron chi connectivity index (χ2n) is 10.2. The summed E-state index contributed by atoms with van der Waals surface area (Å²) in [5.41, 5.74) is 2.59. The second-order valence-corrected chi connectivity index (χ2v) is 13.4. The van der Waals surface area contributed by atoms with Crippen molar-refractivity contribution in [3.63, 3.8) is 0 Å². The lowest BCUT2D eigenvalue weighted by Gasteiger charge is -2.27. The Bertz CT molecular complexity index is 1570. The van der Waals surface area contributed by atoms with Crippen LogP contribution in [0.3, 0.4) is 0 Å². The molecule has 3 aromatic carbocycles. The zero-order valence-electron chi connectivity index (χ0n) is 22.7. The van der Waals surface area contributed by atoms with Gasteiger partial charge in [-0.15, -0.1) is 11.3 Å². The van der Waals surface area contributed by atoms with E-state index in [0.717, 1.165) is 37.2 Å². The number of nitrogens with zero attached hydrogens (tertiary/aromatic N) is 3. The summed E-state index contributed by atoms with van der Waals surface area (Å²) in [6, 6.07) is 20.6. The van der Waals surface area contributed by atoms with Crippen LogP contribution < -0.4 is 13.8 Å². The Balaban J connectivity index is 1.35. The molecule has 1 saturated heterocycles. The number of hydrogen-bond acceptors (Lipinski definition) is 7. The third kappa shape index (κ3) is 6.28. The normalized spacial score (nSPS) is 17.6. The van der Waals surface area contributed by atoms with Crippen LogP contribution in [0.2, 0.25) is 5.02 Å². The minimum Gasteiger partial charge on any atom is -0.497 e. The molecule has 0 radical (unpaired) electrons. The van der Waals surface area contributed by atoms with Crippen molar-refractivity contribution < 1.29 is 17.9 Å². The van der Waals surface area contributed by atoms with E-state index in [0.29, 0.717) is 16.6 Å². The van der Waals surface area contributed by atoms with Crippen LogP contribution in [0.4, 0.5) is 5.13 Å². The Morgan fingerprint density at radius 3 is 2.60 bits per heavy atom. The van der Waals surface area contributed by atoms with Crippen LogP contribution in [0.5, 0.6) is 11.5 Å². The molecule has 0 bridgehead atoms. The van der Waals surface area contributed by atoms with Crippen molar-refractivity contribution in [2.24, 2.45) is 0 Å². The first-order valence-electron chi connectivity index (χ1n) is 13.0. The summed E-state index contributed by atoms with van der Waals surface area (Å²) in [6.45, 7) is 6.63. The molecule has 0 spiro atoms. The van der Waals surface area contributed by atoms with Gasteiger partial charge >= 0.3 is 0 Å². The van der Waals surface area contributed by atoms with Gasteiger partial charge in [-0.3, -0.25) is 4.90 Å². The monoisotopic (exact) mass is 597 g/mol. The highest BCUT2D eigenvalue weighted by Crippen LogP contribution is 2.36. The number of hydrogen-bond donors (Lipinski definition) is 0. The Labute approximate surface area is 245 Å². The summed E-state index contributed by atoms with van der Waals surface area (Å²) in [7, 11) is -2.38. The van der Waals surface area contributed by atoms with Gasteiger partial charge in [0.15, 0.2) is 5.13 Å². The molecule has 1 aliphatic rings. The van der Waals surface area contributed by atoms with Gasteiger partial charge in [-0.2, -0.15) is 0 Å². The Kier molecular flexibility index (Phi) is 8.37. The molecule has 40 heavy (non-hydrogen) atoms. The predicted molar refractivity (Wildman–Crippen MR) is 160 cm³/mol. The molecular weight excluding hydrogens is 566 g/mol. The highest BCUT2D eigenvalue weighted by atomic mass is 35.5. The average Bonchev–Trinajstić information content (AvgIpc) is 3.59. The standard InChI is InChI=1S/C30H32ClN3O4S2/c1-22-17-25(37-3)10-9-24(22)20-34(29-32-14-16-39-29)40(35,36)26-11-12-28(27(31)18-26)38-30(2)13-15-33(21-30)19-23-7-5-4-6-8-23/h4-12,14,16-18H,13,15,19-21H2,1-3H3. The van der Waals surface area contributed by atoms with Gasteiger partial charge in [0, 0.05) is 37.6 Å². The fraction of sp³-hybridized carbons (Fsp3) is 0.300. The molecule has 4 aromatic rings. The second kappa shape index (κ2) is 11.8. The summed E-state index contributed by atoms with van der Waals surface area (Å²) in [4.78, 5) is 6.73. The van der Waals surface area contributed by atoms with Crippen LogP contribution in [0, 0.1) is 6.92 Å². The third-order valence-electron chi connectivity index (χ3n) is 7.11. The lowest BCUT2D eigenvalue weighted by atomic mass is 10.1. The van der Waals surface area contributed by atoms with E-state index in [1.807, 2.05) is 43.3 Å². The third-order valence-corrected chi connectivity index (χ3v) is 10.0. The molecule has 1 atom stereocenters. The van der Waals surface area contributed by atoms with Crippen LogP contribution in [0.25, 0.3) is 0 Å². The predicted octanol–water partition coefficient (Wildman–Crippen LogP) is 6.55. The largest absolute Gasteiger partial charge is 0.497 e. The lowest BCUT2D eigenvalue weighted by Crippen LogP contribution is -2.36. The summed E-state index contributed by atoms with van der Waals surface area (Å²) in [5, 5.41) is 2.39.